The number of ketones is 1. The van der Waals surface area contributed by atoms with Crippen LogP contribution < -0.4 is 9.47 Å². The molecule has 2 heterocycles. The third-order valence-corrected chi connectivity index (χ3v) is 6.01. The van der Waals surface area contributed by atoms with Crippen molar-refractivity contribution in [2.45, 2.75) is 25.8 Å². The molecule has 2 aromatic rings. The van der Waals surface area contributed by atoms with Crippen LogP contribution in [0.1, 0.15) is 30.5 Å². The number of hydrogen-bond donors (Lipinski definition) is 0. The van der Waals surface area contributed by atoms with Gasteiger partial charge in [-0.25, -0.2) is 0 Å². The molecule has 0 spiro atoms. The Hall–Kier alpha value is -2.60. The zero-order valence-corrected chi connectivity index (χ0v) is 17.7. The molecule has 0 bridgehead atoms. The number of fused-ring (bicyclic) bond motifs is 3. The van der Waals surface area contributed by atoms with E-state index >= 15 is 0 Å². The van der Waals surface area contributed by atoms with Crippen LogP contribution in [0.15, 0.2) is 40.9 Å². The van der Waals surface area contributed by atoms with Gasteiger partial charge in [0.2, 0.25) is 0 Å². The summed E-state index contributed by atoms with van der Waals surface area (Å²) in [6, 6.07) is 11.2. The Morgan fingerprint density at radius 1 is 1.00 bits per heavy atom. The van der Waals surface area contributed by atoms with E-state index in [-0.39, 0.29) is 0 Å². The molecule has 2 aliphatic rings. The van der Waals surface area contributed by atoms with Crippen LogP contribution in [0.4, 0.5) is 0 Å². The summed E-state index contributed by atoms with van der Waals surface area (Å²) in [5, 5.41) is 0. The second kappa shape index (κ2) is 6.48. The molecule has 4 rings (SSSR count). The van der Waals surface area contributed by atoms with Crippen molar-refractivity contribution < 1.29 is 19.1 Å². The predicted octanol–water partition coefficient (Wildman–Crippen LogP) is 4.08. The van der Waals surface area contributed by atoms with Crippen molar-refractivity contribution >= 4 is 38.9 Å². The van der Waals surface area contributed by atoms with Gasteiger partial charge in [-0.1, -0.05) is 34.1 Å². The summed E-state index contributed by atoms with van der Waals surface area (Å²) in [4.78, 5) is 27.7. The molecule has 0 saturated heterocycles. The zero-order valence-electron chi connectivity index (χ0n) is 16.1. The zero-order chi connectivity index (χ0) is 20.2. The second-order valence-corrected chi connectivity index (χ2v) is 8.38. The van der Waals surface area contributed by atoms with E-state index in [0.29, 0.717) is 34.8 Å². The van der Waals surface area contributed by atoms with Crippen molar-refractivity contribution in [3.8, 4) is 11.5 Å². The Balaban J connectivity index is 2.09. The Morgan fingerprint density at radius 2 is 1.64 bits per heavy atom. The van der Waals surface area contributed by atoms with Gasteiger partial charge in [-0.15, -0.1) is 0 Å². The van der Waals surface area contributed by atoms with Crippen LogP contribution in [-0.4, -0.2) is 36.3 Å². The van der Waals surface area contributed by atoms with Crippen LogP contribution in [0, 0.1) is 0 Å². The third kappa shape index (κ3) is 2.58. The molecule has 0 saturated carbocycles. The molecule has 144 valence electrons. The first-order valence-electron chi connectivity index (χ1n) is 8.93. The maximum atomic E-state index is 13.1. The van der Waals surface area contributed by atoms with E-state index in [1.807, 2.05) is 50.2 Å². The van der Waals surface area contributed by atoms with Gasteiger partial charge in [0.1, 0.15) is 0 Å². The fourth-order valence-corrected chi connectivity index (χ4v) is 4.59. The molecular weight excluding hydrogens is 422 g/mol. The summed E-state index contributed by atoms with van der Waals surface area (Å²) in [6.45, 7) is 3.95. The minimum absolute atomic E-state index is 0.415. The van der Waals surface area contributed by atoms with Crippen molar-refractivity contribution in [2.75, 3.05) is 14.2 Å². The first-order chi connectivity index (χ1) is 13.3. The average Bonchev–Trinajstić information content (AvgIpc) is 2.93. The van der Waals surface area contributed by atoms with Gasteiger partial charge in [0.05, 0.1) is 25.5 Å². The van der Waals surface area contributed by atoms with E-state index in [2.05, 4.69) is 15.9 Å². The number of ether oxygens (including phenoxy) is 2. The molecule has 0 fully saturated rings. The van der Waals surface area contributed by atoms with Crippen LogP contribution in [0.3, 0.4) is 0 Å². The number of carbonyl (C=O) groups excluding carboxylic acids is 2. The molecule has 0 aromatic heterocycles. The molecule has 6 heteroatoms. The fourth-order valence-electron chi connectivity index (χ4n) is 4.11. The highest BCUT2D eigenvalue weighted by Gasteiger charge is 2.50. The summed E-state index contributed by atoms with van der Waals surface area (Å²) >= 11 is 3.53. The van der Waals surface area contributed by atoms with E-state index in [1.54, 1.807) is 19.1 Å². The van der Waals surface area contributed by atoms with E-state index < -0.39 is 17.2 Å². The number of amides is 1. The number of halogens is 1. The van der Waals surface area contributed by atoms with Gasteiger partial charge in [-0.3, -0.25) is 14.5 Å². The molecule has 0 unspecified atom stereocenters. The van der Waals surface area contributed by atoms with E-state index in [4.69, 9.17) is 9.47 Å². The van der Waals surface area contributed by atoms with Crippen LogP contribution in [0.5, 0.6) is 11.5 Å². The minimum atomic E-state index is -0.544. The normalized spacial score (nSPS) is 17.5. The van der Waals surface area contributed by atoms with E-state index in [1.165, 1.54) is 0 Å². The Bertz CT molecular complexity index is 1050. The lowest BCUT2D eigenvalue weighted by atomic mass is 9.83. The monoisotopic (exact) mass is 441 g/mol. The van der Waals surface area contributed by atoms with Gasteiger partial charge in [-0.2, -0.15) is 0 Å². The van der Waals surface area contributed by atoms with Gasteiger partial charge in [0.15, 0.2) is 11.5 Å². The number of rotatable bonds is 3. The molecule has 2 aromatic carbocycles. The minimum Gasteiger partial charge on any atom is -0.493 e. The molecule has 0 N–H and O–H groups in total. The van der Waals surface area contributed by atoms with Crippen molar-refractivity contribution in [3.05, 3.63) is 57.6 Å². The van der Waals surface area contributed by atoms with Gasteiger partial charge >= 0.3 is 0 Å². The molecule has 2 aliphatic heterocycles. The summed E-state index contributed by atoms with van der Waals surface area (Å²) in [6.07, 6.45) is 0.606. The van der Waals surface area contributed by atoms with Crippen molar-refractivity contribution in [2.24, 2.45) is 0 Å². The third-order valence-electron chi connectivity index (χ3n) is 5.32. The van der Waals surface area contributed by atoms with Crippen LogP contribution >= 0.6 is 15.9 Å². The van der Waals surface area contributed by atoms with Crippen LogP contribution in [0.2, 0.25) is 0 Å². The first-order valence-corrected chi connectivity index (χ1v) is 9.72. The van der Waals surface area contributed by atoms with Crippen molar-refractivity contribution in [3.63, 3.8) is 0 Å². The average molecular weight is 442 g/mol. The van der Waals surface area contributed by atoms with Crippen molar-refractivity contribution in [1.82, 2.24) is 4.90 Å². The molecule has 0 atom stereocenters. The number of benzene rings is 2. The van der Waals surface area contributed by atoms with E-state index in [0.717, 1.165) is 15.6 Å². The van der Waals surface area contributed by atoms with Crippen molar-refractivity contribution in [1.29, 1.82) is 0 Å². The lowest BCUT2D eigenvalue weighted by Gasteiger charge is -2.42. The van der Waals surface area contributed by atoms with Crippen LogP contribution in [0.25, 0.3) is 11.3 Å². The molecule has 1 amide bonds. The number of nitrogens with zero attached hydrogens (tertiary/aromatic N) is 1. The molecule has 5 nitrogen and oxygen atoms in total. The number of Topliss-reactive ketones (excluding diaryl/α,β-unsaturated/α-hetero) is 1. The fraction of sp³-hybridized carbons (Fsp3) is 0.273. The molecule has 0 aliphatic carbocycles. The lowest BCUT2D eigenvalue weighted by molar-refractivity contribution is -0.141. The summed E-state index contributed by atoms with van der Waals surface area (Å²) in [7, 11) is 3.17. The van der Waals surface area contributed by atoms with Gasteiger partial charge < -0.3 is 9.47 Å². The quantitative estimate of drug-likeness (QED) is 0.673. The molecule has 0 radical (unpaired) electrons. The maximum absolute atomic E-state index is 13.1. The van der Waals surface area contributed by atoms with Gasteiger partial charge in [0, 0.05) is 21.1 Å². The summed E-state index contributed by atoms with van der Waals surface area (Å²) in [5.41, 5.74) is 3.05. The predicted molar refractivity (Wildman–Crippen MR) is 110 cm³/mol. The molecular formula is C22H20BrNO4. The number of carbonyl (C=O) groups is 2. The SMILES string of the molecule is COc1cc2c(cc1OC)C1=C(c3ccccc3Br)C(=O)C(=O)N1C(C)(C)C2. The first kappa shape index (κ1) is 18.7. The highest BCUT2D eigenvalue weighted by atomic mass is 79.9. The second-order valence-electron chi connectivity index (χ2n) is 7.53. The number of methoxy groups -OCH3 is 2. The molecule has 28 heavy (non-hydrogen) atoms. The highest BCUT2D eigenvalue weighted by molar-refractivity contribution is 9.10. The summed E-state index contributed by atoms with van der Waals surface area (Å²) in [5.74, 6) is 0.208. The van der Waals surface area contributed by atoms with Gasteiger partial charge in [0.25, 0.3) is 11.7 Å². The number of hydrogen-bond acceptors (Lipinski definition) is 4. The highest BCUT2D eigenvalue weighted by Crippen LogP contribution is 2.49. The Kier molecular flexibility index (Phi) is 4.34. The smallest absolute Gasteiger partial charge is 0.300 e. The van der Waals surface area contributed by atoms with E-state index in [9.17, 15) is 9.59 Å². The maximum Gasteiger partial charge on any atom is 0.300 e. The Morgan fingerprint density at radius 3 is 2.29 bits per heavy atom. The summed E-state index contributed by atoms with van der Waals surface area (Å²) < 4.78 is 11.7. The topological polar surface area (TPSA) is 55.8 Å². The standard InChI is InChI=1S/C22H20BrNO4/c1-22(2)11-12-9-16(27-3)17(28-4)10-14(12)19-18(20(25)21(26)24(19)22)13-7-5-6-8-15(13)23/h5-10H,11H2,1-4H3. The Labute approximate surface area is 172 Å². The van der Waals surface area contributed by atoms with Crippen LogP contribution in [-0.2, 0) is 16.0 Å². The lowest BCUT2D eigenvalue weighted by Crippen LogP contribution is -2.49. The largest absolute Gasteiger partial charge is 0.493 e. The van der Waals surface area contributed by atoms with Gasteiger partial charge in [-0.05, 0) is 44.0 Å².